The molecular formula is C16H24N2O4. The fraction of sp³-hybridized carbons (Fsp3) is 0.625. The van der Waals surface area contributed by atoms with Crippen LogP contribution in [0.2, 0.25) is 0 Å². The Bertz CT molecular complexity index is 480. The summed E-state index contributed by atoms with van der Waals surface area (Å²) < 4.78 is 15.6. The van der Waals surface area contributed by atoms with Crippen LogP contribution in [0.25, 0.3) is 0 Å². The van der Waals surface area contributed by atoms with Crippen LogP contribution >= 0.6 is 0 Å². The van der Waals surface area contributed by atoms with E-state index in [0.717, 1.165) is 18.5 Å². The zero-order valence-corrected chi connectivity index (χ0v) is 13.1. The first-order chi connectivity index (χ1) is 10.8. The lowest BCUT2D eigenvalue weighted by atomic mass is 9.87. The lowest BCUT2D eigenvalue weighted by molar-refractivity contribution is 0.157. The number of amides is 1. The number of methoxy groups -OCH3 is 1. The molecule has 1 saturated carbocycles. The number of carbonyl (C=O) groups excluding carboxylic acids is 1. The van der Waals surface area contributed by atoms with Gasteiger partial charge in [-0.05, 0) is 12.8 Å². The average Bonchev–Trinajstić information content (AvgIpc) is 3.04. The van der Waals surface area contributed by atoms with Crippen LogP contribution in [0.5, 0.6) is 0 Å². The van der Waals surface area contributed by atoms with Gasteiger partial charge in [-0.1, -0.05) is 31.9 Å². The number of ether oxygens (including phenoxy) is 2. The molecule has 0 unspecified atom stereocenters. The molecule has 0 saturated heterocycles. The maximum atomic E-state index is 12.1. The van der Waals surface area contributed by atoms with Gasteiger partial charge >= 0.3 is 12.1 Å². The molecule has 2 rings (SSSR count). The first kappa shape index (κ1) is 16.5. The van der Waals surface area contributed by atoms with Gasteiger partial charge in [0.15, 0.2) is 0 Å². The molecule has 1 fully saturated rings. The molecule has 0 atom stereocenters. The number of hydrogen-bond acceptors (Lipinski definition) is 5. The van der Waals surface area contributed by atoms with Crippen molar-refractivity contribution in [1.82, 2.24) is 4.98 Å². The Morgan fingerprint density at radius 2 is 2.27 bits per heavy atom. The first-order valence-corrected chi connectivity index (χ1v) is 7.75. The molecule has 1 heterocycles. The highest BCUT2D eigenvalue weighted by atomic mass is 16.6. The molecule has 0 radical (unpaired) electrons. The number of anilines is 1. The van der Waals surface area contributed by atoms with Crippen molar-refractivity contribution in [1.29, 1.82) is 0 Å². The quantitative estimate of drug-likeness (QED) is 0.721. The number of nitrogens with zero attached hydrogens (tertiary/aromatic N) is 2. The Morgan fingerprint density at radius 3 is 2.95 bits per heavy atom. The molecule has 0 aromatic carbocycles. The van der Waals surface area contributed by atoms with Gasteiger partial charge in [-0.3, -0.25) is 0 Å². The van der Waals surface area contributed by atoms with E-state index >= 15 is 0 Å². The summed E-state index contributed by atoms with van der Waals surface area (Å²) in [6, 6.07) is 0.270. The summed E-state index contributed by atoms with van der Waals surface area (Å²) in [6.07, 6.45) is 8.67. The third-order valence-corrected chi connectivity index (χ3v) is 3.83. The Labute approximate surface area is 131 Å². The van der Waals surface area contributed by atoms with Crippen LogP contribution in [0.3, 0.4) is 0 Å². The summed E-state index contributed by atoms with van der Waals surface area (Å²) in [5.41, 5.74) is 0.925. The number of oxazole rings is 1. The highest BCUT2D eigenvalue weighted by Crippen LogP contribution is 2.33. The van der Waals surface area contributed by atoms with Crippen LogP contribution in [0.15, 0.2) is 23.3 Å². The molecule has 1 aromatic heterocycles. The van der Waals surface area contributed by atoms with Crippen LogP contribution in [0.4, 0.5) is 10.8 Å². The molecule has 1 amide bonds. The number of rotatable bonds is 7. The van der Waals surface area contributed by atoms with Gasteiger partial charge in [0.05, 0.1) is 18.8 Å². The van der Waals surface area contributed by atoms with Gasteiger partial charge < -0.3 is 13.9 Å². The van der Waals surface area contributed by atoms with Gasteiger partial charge in [0, 0.05) is 13.0 Å². The van der Waals surface area contributed by atoms with Crippen LogP contribution in [-0.4, -0.2) is 37.9 Å². The smallest absolute Gasteiger partial charge is 0.418 e. The molecule has 0 bridgehead atoms. The zero-order valence-electron chi connectivity index (χ0n) is 13.1. The van der Waals surface area contributed by atoms with Crippen molar-refractivity contribution in [3.05, 3.63) is 24.6 Å². The molecule has 1 aliphatic carbocycles. The second kappa shape index (κ2) is 8.58. The predicted molar refractivity (Wildman–Crippen MR) is 83.1 cm³/mol. The van der Waals surface area contributed by atoms with Crippen molar-refractivity contribution in [2.75, 3.05) is 31.8 Å². The Hall–Kier alpha value is -1.82. The van der Waals surface area contributed by atoms with E-state index in [9.17, 15) is 4.79 Å². The fourth-order valence-electron chi connectivity index (χ4n) is 2.64. The maximum absolute atomic E-state index is 12.1. The largest absolute Gasteiger partial charge is 0.445 e. The summed E-state index contributed by atoms with van der Waals surface area (Å²) in [6.45, 7) is 4.39. The van der Waals surface area contributed by atoms with Gasteiger partial charge in [-0.25, -0.2) is 9.69 Å². The maximum Gasteiger partial charge on any atom is 0.418 e. The van der Waals surface area contributed by atoms with Crippen molar-refractivity contribution in [3.63, 3.8) is 0 Å². The van der Waals surface area contributed by atoms with E-state index < -0.39 is 6.09 Å². The molecule has 1 aromatic rings. The highest BCUT2D eigenvalue weighted by molar-refractivity contribution is 5.84. The zero-order chi connectivity index (χ0) is 15.8. The Balaban J connectivity index is 2.07. The van der Waals surface area contributed by atoms with E-state index in [-0.39, 0.29) is 12.6 Å². The summed E-state index contributed by atoms with van der Waals surface area (Å²) >= 11 is 0. The standard InChI is InChI=1S/C16H24N2O4/c1-3-10-21-16(19)18(9-11-20-2)15-17-14(12-22-15)13-7-5-4-6-8-13/h3,12-13H,1,4-11H2,2H3. The van der Waals surface area contributed by atoms with E-state index in [1.165, 1.54) is 30.2 Å². The highest BCUT2D eigenvalue weighted by Gasteiger charge is 2.25. The lowest BCUT2D eigenvalue weighted by Crippen LogP contribution is -2.34. The molecule has 0 aliphatic heterocycles. The third kappa shape index (κ3) is 4.34. The third-order valence-electron chi connectivity index (χ3n) is 3.83. The van der Waals surface area contributed by atoms with Gasteiger partial charge in [0.1, 0.15) is 12.9 Å². The number of hydrogen-bond donors (Lipinski definition) is 0. The van der Waals surface area contributed by atoms with Crippen molar-refractivity contribution >= 4 is 12.1 Å². The molecule has 0 spiro atoms. The average molecular weight is 308 g/mol. The van der Waals surface area contributed by atoms with E-state index in [2.05, 4.69) is 11.6 Å². The summed E-state index contributed by atoms with van der Waals surface area (Å²) in [4.78, 5) is 17.9. The van der Waals surface area contributed by atoms with Gasteiger partial charge in [-0.15, -0.1) is 0 Å². The van der Waals surface area contributed by atoms with E-state index in [1.54, 1.807) is 13.4 Å². The van der Waals surface area contributed by atoms with E-state index in [1.807, 2.05) is 0 Å². The predicted octanol–water partition coefficient (Wildman–Crippen LogP) is 3.50. The normalized spacial score (nSPS) is 15.5. The van der Waals surface area contributed by atoms with Crippen molar-refractivity contribution in [2.45, 2.75) is 38.0 Å². The van der Waals surface area contributed by atoms with Crippen molar-refractivity contribution < 1.29 is 18.7 Å². The van der Waals surface area contributed by atoms with E-state index in [4.69, 9.17) is 13.9 Å². The molecular weight excluding hydrogens is 284 g/mol. The summed E-state index contributed by atoms with van der Waals surface area (Å²) in [5.74, 6) is 0.430. The molecule has 6 nitrogen and oxygen atoms in total. The molecule has 1 aliphatic rings. The molecule has 22 heavy (non-hydrogen) atoms. The minimum atomic E-state index is -0.506. The topological polar surface area (TPSA) is 64.8 Å². The number of aromatic nitrogens is 1. The lowest BCUT2D eigenvalue weighted by Gasteiger charge is -2.19. The minimum absolute atomic E-state index is 0.151. The molecule has 122 valence electrons. The van der Waals surface area contributed by atoms with Gasteiger partial charge in [0.25, 0.3) is 0 Å². The number of carbonyl (C=O) groups is 1. The summed E-state index contributed by atoms with van der Waals surface area (Å²) in [7, 11) is 1.58. The fourth-order valence-corrected chi connectivity index (χ4v) is 2.64. The van der Waals surface area contributed by atoms with Crippen LogP contribution < -0.4 is 4.90 Å². The Morgan fingerprint density at radius 1 is 1.50 bits per heavy atom. The minimum Gasteiger partial charge on any atom is -0.445 e. The van der Waals surface area contributed by atoms with Crippen LogP contribution in [-0.2, 0) is 9.47 Å². The monoisotopic (exact) mass is 308 g/mol. The molecule has 6 heteroatoms. The van der Waals surface area contributed by atoms with Crippen LogP contribution in [0, 0.1) is 0 Å². The Kier molecular flexibility index (Phi) is 6.45. The second-order valence-electron chi connectivity index (χ2n) is 5.40. The first-order valence-electron chi connectivity index (χ1n) is 7.75. The molecule has 0 N–H and O–H groups in total. The SMILES string of the molecule is C=CCOC(=O)N(CCOC)c1nc(C2CCCCC2)co1. The second-order valence-corrected chi connectivity index (χ2v) is 5.40. The summed E-state index contributed by atoms with van der Waals surface area (Å²) in [5, 5.41) is 0. The van der Waals surface area contributed by atoms with E-state index in [0.29, 0.717) is 19.1 Å². The van der Waals surface area contributed by atoms with Crippen molar-refractivity contribution in [3.8, 4) is 0 Å². The van der Waals surface area contributed by atoms with Crippen molar-refractivity contribution in [2.24, 2.45) is 0 Å². The van der Waals surface area contributed by atoms with Crippen LogP contribution in [0.1, 0.15) is 43.7 Å². The van der Waals surface area contributed by atoms with Gasteiger partial charge in [0.2, 0.25) is 0 Å². The van der Waals surface area contributed by atoms with Gasteiger partial charge in [-0.2, -0.15) is 4.98 Å².